The summed E-state index contributed by atoms with van der Waals surface area (Å²) in [5.41, 5.74) is 0.597. The van der Waals surface area contributed by atoms with Gasteiger partial charge in [-0.1, -0.05) is 11.6 Å². The fourth-order valence-corrected chi connectivity index (χ4v) is 4.21. The number of ether oxygens (including phenoxy) is 2. The second-order valence-corrected chi connectivity index (χ2v) is 7.51. The molecule has 0 bridgehead atoms. The van der Waals surface area contributed by atoms with Gasteiger partial charge in [0, 0.05) is 14.9 Å². The largest absolute Gasteiger partial charge is 0.495 e. The van der Waals surface area contributed by atoms with Crippen LogP contribution >= 0.6 is 54.8 Å². The molecule has 108 valence electrons. The Morgan fingerprint density at radius 3 is 2.45 bits per heavy atom. The molecule has 0 aliphatic rings. The Bertz CT molecular complexity index is 611. The van der Waals surface area contributed by atoms with Crippen molar-refractivity contribution >= 4 is 54.8 Å². The normalized spacial score (nSPS) is 12.3. The number of rotatable bonds is 4. The SMILES string of the molecule is COc1ccc(C(O)c2cc(Br)c(Br)s2)c(OC)c1Cl. The summed E-state index contributed by atoms with van der Waals surface area (Å²) in [6, 6.07) is 5.31. The van der Waals surface area contributed by atoms with Crippen LogP contribution in [0, 0.1) is 0 Å². The lowest BCUT2D eigenvalue weighted by molar-refractivity contribution is 0.218. The Morgan fingerprint density at radius 2 is 1.95 bits per heavy atom. The van der Waals surface area contributed by atoms with Crippen molar-refractivity contribution in [2.45, 2.75) is 6.10 Å². The number of hydrogen-bond donors (Lipinski definition) is 1. The maximum atomic E-state index is 10.5. The Hall–Kier alpha value is -0.270. The van der Waals surface area contributed by atoms with Gasteiger partial charge < -0.3 is 14.6 Å². The summed E-state index contributed by atoms with van der Waals surface area (Å²) in [4.78, 5) is 0.781. The Kier molecular flexibility index (Phi) is 5.36. The van der Waals surface area contributed by atoms with Crippen LogP contribution < -0.4 is 9.47 Å². The molecule has 0 saturated heterocycles. The number of methoxy groups -OCH3 is 2. The smallest absolute Gasteiger partial charge is 0.147 e. The molecule has 2 rings (SSSR count). The maximum Gasteiger partial charge on any atom is 0.147 e. The summed E-state index contributed by atoms with van der Waals surface area (Å²) in [5.74, 6) is 0.923. The molecule has 1 aromatic carbocycles. The van der Waals surface area contributed by atoms with E-state index in [4.69, 9.17) is 21.1 Å². The highest BCUT2D eigenvalue weighted by Crippen LogP contribution is 2.44. The molecule has 1 aromatic heterocycles. The minimum Gasteiger partial charge on any atom is -0.495 e. The molecular weight excluding hydrogens is 431 g/mol. The van der Waals surface area contributed by atoms with Gasteiger partial charge in [0.05, 0.1) is 18.0 Å². The zero-order valence-corrected chi connectivity index (χ0v) is 15.4. The van der Waals surface area contributed by atoms with Crippen molar-refractivity contribution in [3.8, 4) is 11.5 Å². The first-order valence-corrected chi connectivity index (χ1v) is 8.30. The van der Waals surface area contributed by atoms with Gasteiger partial charge in [0.1, 0.15) is 22.6 Å². The van der Waals surface area contributed by atoms with Crippen LogP contribution in [0.25, 0.3) is 0 Å². The Labute approximate surface area is 142 Å². The fraction of sp³-hybridized carbons (Fsp3) is 0.231. The first-order chi connectivity index (χ1) is 9.49. The van der Waals surface area contributed by atoms with Crippen molar-refractivity contribution in [1.82, 2.24) is 0 Å². The molecule has 3 nitrogen and oxygen atoms in total. The number of hydrogen-bond acceptors (Lipinski definition) is 4. The monoisotopic (exact) mass is 440 g/mol. The van der Waals surface area contributed by atoms with Gasteiger partial charge in [-0.15, -0.1) is 11.3 Å². The second-order valence-electron chi connectivity index (χ2n) is 3.88. The van der Waals surface area contributed by atoms with E-state index < -0.39 is 6.10 Å². The van der Waals surface area contributed by atoms with Gasteiger partial charge in [0.2, 0.25) is 0 Å². The van der Waals surface area contributed by atoms with E-state index in [2.05, 4.69) is 31.9 Å². The predicted molar refractivity (Wildman–Crippen MR) is 88.3 cm³/mol. The second kappa shape index (κ2) is 6.66. The average molecular weight is 443 g/mol. The van der Waals surface area contributed by atoms with E-state index in [0.29, 0.717) is 22.1 Å². The molecule has 0 fully saturated rings. The molecule has 1 heterocycles. The molecule has 1 unspecified atom stereocenters. The zero-order chi connectivity index (χ0) is 14.9. The standard InChI is InChI=1S/C13H11Br2ClO3S/c1-18-8-4-3-6(12(19-2)10(8)16)11(17)9-5-7(14)13(15)20-9/h3-5,11,17H,1-2H3. The first kappa shape index (κ1) is 16.1. The topological polar surface area (TPSA) is 38.7 Å². The summed E-state index contributed by atoms with van der Waals surface area (Å²) in [6.07, 6.45) is -0.819. The highest BCUT2D eigenvalue weighted by atomic mass is 79.9. The third-order valence-corrected chi connectivity index (χ3v) is 6.41. The molecule has 0 radical (unpaired) electrons. The molecule has 7 heteroatoms. The van der Waals surface area contributed by atoms with Crippen LogP contribution in [0.1, 0.15) is 16.5 Å². The molecule has 0 aliphatic heterocycles. The van der Waals surface area contributed by atoms with Crippen molar-refractivity contribution in [3.05, 3.63) is 41.9 Å². The van der Waals surface area contributed by atoms with Crippen LogP contribution in [0.5, 0.6) is 11.5 Å². The molecular formula is C13H11Br2ClO3S. The van der Waals surface area contributed by atoms with E-state index in [0.717, 1.165) is 13.1 Å². The Balaban J connectivity index is 2.49. The van der Waals surface area contributed by atoms with E-state index in [9.17, 15) is 5.11 Å². The number of aliphatic hydroxyl groups excluding tert-OH is 1. The molecule has 0 aliphatic carbocycles. The van der Waals surface area contributed by atoms with Crippen LogP contribution in [-0.2, 0) is 0 Å². The lowest BCUT2D eigenvalue weighted by Gasteiger charge is -2.16. The van der Waals surface area contributed by atoms with Gasteiger partial charge in [0.25, 0.3) is 0 Å². The minimum atomic E-state index is -0.819. The van der Waals surface area contributed by atoms with Gasteiger partial charge in [-0.05, 0) is 50.1 Å². The summed E-state index contributed by atoms with van der Waals surface area (Å²) in [6.45, 7) is 0. The lowest BCUT2D eigenvalue weighted by Crippen LogP contribution is -2.02. The van der Waals surface area contributed by atoms with E-state index in [1.54, 1.807) is 12.1 Å². The number of thiophene rings is 1. The van der Waals surface area contributed by atoms with Crippen LogP contribution in [0.2, 0.25) is 5.02 Å². The molecule has 0 saturated carbocycles. The van der Waals surface area contributed by atoms with Crippen molar-refractivity contribution in [2.75, 3.05) is 14.2 Å². The summed E-state index contributed by atoms with van der Waals surface area (Å²) < 4.78 is 12.3. The van der Waals surface area contributed by atoms with Gasteiger partial charge >= 0.3 is 0 Å². The van der Waals surface area contributed by atoms with Gasteiger partial charge in [-0.2, -0.15) is 0 Å². The van der Waals surface area contributed by atoms with Crippen molar-refractivity contribution in [3.63, 3.8) is 0 Å². The number of benzene rings is 1. The third kappa shape index (κ3) is 2.99. The van der Waals surface area contributed by atoms with E-state index in [1.165, 1.54) is 25.6 Å². The molecule has 1 N–H and O–H groups in total. The highest BCUT2D eigenvalue weighted by Gasteiger charge is 2.22. The minimum absolute atomic E-state index is 0.348. The van der Waals surface area contributed by atoms with E-state index in [-0.39, 0.29) is 0 Å². The average Bonchev–Trinajstić information content (AvgIpc) is 2.77. The van der Waals surface area contributed by atoms with Gasteiger partial charge in [-0.25, -0.2) is 0 Å². The number of aliphatic hydroxyl groups is 1. The Morgan fingerprint density at radius 1 is 1.25 bits per heavy atom. The van der Waals surface area contributed by atoms with E-state index in [1.807, 2.05) is 6.07 Å². The predicted octanol–water partition coefficient (Wildman–Crippen LogP) is 5.03. The molecule has 1 atom stereocenters. The van der Waals surface area contributed by atoms with Gasteiger partial charge in [0.15, 0.2) is 0 Å². The summed E-state index contributed by atoms with van der Waals surface area (Å²) in [5, 5.41) is 10.9. The van der Waals surface area contributed by atoms with E-state index >= 15 is 0 Å². The van der Waals surface area contributed by atoms with Crippen LogP contribution in [0.4, 0.5) is 0 Å². The maximum absolute atomic E-state index is 10.5. The van der Waals surface area contributed by atoms with Crippen LogP contribution in [0.3, 0.4) is 0 Å². The summed E-state index contributed by atoms with van der Waals surface area (Å²) in [7, 11) is 3.04. The quantitative estimate of drug-likeness (QED) is 0.722. The third-order valence-electron chi connectivity index (χ3n) is 2.74. The first-order valence-electron chi connectivity index (χ1n) is 5.52. The van der Waals surface area contributed by atoms with Crippen LogP contribution in [-0.4, -0.2) is 19.3 Å². The van der Waals surface area contributed by atoms with Crippen LogP contribution in [0.15, 0.2) is 26.5 Å². The highest BCUT2D eigenvalue weighted by molar-refractivity contribution is 9.13. The summed E-state index contributed by atoms with van der Waals surface area (Å²) >= 11 is 14.5. The fourth-order valence-electron chi connectivity index (χ4n) is 1.78. The zero-order valence-electron chi connectivity index (χ0n) is 10.6. The molecule has 0 amide bonds. The van der Waals surface area contributed by atoms with Crippen molar-refractivity contribution in [2.24, 2.45) is 0 Å². The number of halogens is 3. The van der Waals surface area contributed by atoms with Crippen molar-refractivity contribution < 1.29 is 14.6 Å². The van der Waals surface area contributed by atoms with Gasteiger partial charge in [-0.3, -0.25) is 0 Å². The lowest BCUT2D eigenvalue weighted by atomic mass is 10.1. The molecule has 0 spiro atoms. The molecule has 2 aromatic rings. The molecule has 20 heavy (non-hydrogen) atoms. The van der Waals surface area contributed by atoms with Crippen molar-refractivity contribution in [1.29, 1.82) is 0 Å².